The average Bonchev–Trinajstić information content (AvgIpc) is 3.17. The Morgan fingerprint density at radius 1 is 1.21 bits per heavy atom. The first kappa shape index (κ1) is 18.9. The van der Waals surface area contributed by atoms with Gasteiger partial charge in [0.1, 0.15) is 10.8 Å². The molecule has 0 aliphatic carbocycles. The number of ether oxygens (including phenoxy) is 1. The van der Waals surface area contributed by atoms with Gasteiger partial charge in [0.25, 0.3) is 0 Å². The van der Waals surface area contributed by atoms with Gasteiger partial charge in [0.15, 0.2) is 0 Å². The van der Waals surface area contributed by atoms with Gasteiger partial charge in [0.2, 0.25) is 5.91 Å². The summed E-state index contributed by atoms with van der Waals surface area (Å²) < 4.78 is 6.39. The number of aromatic nitrogens is 1. The van der Waals surface area contributed by atoms with Gasteiger partial charge in [0.05, 0.1) is 29.9 Å². The smallest absolute Gasteiger partial charge is 0.234 e. The van der Waals surface area contributed by atoms with Crippen LogP contribution in [0.3, 0.4) is 0 Å². The minimum Gasteiger partial charge on any atom is -0.497 e. The van der Waals surface area contributed by atoms with E-state index in [-0.39, 0.29) is 11.9 Å². The summed E-state index contributed by atoms with van der Waals surface area (Å²) in [6, 6.07) is 16.3. The number of hydrogen-bond acceptors (Lipinski definition) is 5. The lowest BCUT2D eigenvalue weighted by Crippen LogP contribution is -2.41. The number of para-hydroxylation sites is 1. The van der Waals surface area contributed by atoms with E-state index in [9.17, 15) is 4.79 Å². The molecule has 1 aromatic heterocycles. The predicted molar refractivity (Wildman–Crippen MR) is 113 cm³/mol. The molecule has 2 aromatic carbocycles. The first-order valence-electron chi connectivity index (χ1n) is 9.72. The number of methoxy groups -OCH3 is 1. The minimum absolute atomic E-state index is 0.0591. The van der Waals surface area contributed by atoms with Gasteiger partial charge in [-0.15, -0.1) is 11.3 Å². The van der Waals surface area contributed by atoms with E-state index in [1.807, 2.05) is 30.3 Å². The van der Waals surface area contributed by atoms with Gasteiger partial charge in [-0.25, -0.2) is 4.98 Å². The zero-order valence-electron chi connectivity index (χ0n) is 16.1. The van der Waals surface area contributed by atoms with E-state index in [2.05, 4.69) is 28.4 Å². The largest absolute Gasteiger partial charge is 0.497 e. The van der Waals surface area contributed by atoms with Crippen molar-refractivity contribution in [1.82, 2.24) is 15.2 Å². The first-order valence-corrected chi connectivity index (χ1v) is 10.5. The Balaban J connectivity index is 1.39. The van der Waals surface area contributed by atoms with Crippen molar-refractivity contribution in [3.63, 3.8) is 0 Å². The monoisotopic (exact) mass is 395 g/mol. The van der Waals surface area contributed by atoms with Crippen LogP contribution in [-0.4, -0.2) is 36.0 Å². The molecule has 1 saturated heterocycles. The van der Waals surface area contributed by atoms with Crippen LogP contribution in [0.2, 0.25) is 0 Å². The Labute approximate surface area is 169 Å². The Hall–Kier alpha value is -2.44. The summed E-state index contributed by atoms with van der Waals surface area (Å²) in [5.74, 6) is 0.880. The van der Waals surface area contributed by atoms with Gasteiger partial charge in [-0.3, -0.25) is 9.69 Å². The highest BCUT2D eigenvalue weighted by Crippen LogP contribution is 2.35. The van der Waals surface area contributed by atoms with Crippen molar-refractivity contribution in [2.24, 2.45) is 0 Å². The average molecular weight is 396 g/mol. The molecule has 1 fully saturated rings. The Morgan fingerprint density at radius 3 is 2.82 bits per heavy atom. The molecule has 3 aromatic rings. The maximum atomic E-state index is 12.6. The second-order valence-corrected chi connectivity index (χ2v) is 8.19. The van der Waals surface area contributed by atoms with E-state index in [0.717, 1.165) is 41.2 Å². The van der Waals surface area contributed by atoms with E-state index in [1.54, 1.807) is 18.4 Å². The van der Waals surface area contributed by atoms with Gasteiger partial charge >= 0.3 is 0 Å². The van der Waals surface area contributed by atoms with E-state index in [1.165, 1.54) is 11.1 Å². The van der Waals surface area contributed by atoms with Crippen LogP contribution >= 0.6 is 11.3 Å². The maximum absolute atomic E-state index is 12.6. The van der Waals surface area contributed by atoms with Crippen LogP contribution in [-0.2, 0) is 11.3 Å². The van der Waals surface area contributed by atoms with Crippen molar-refractivity contribution < 1.29 is 9.53 Å². The van der Waals surface area contributed by atoms with Crippen LogP contribution in [0.1, 0.15) is 35.9 Å². The number of amides is 1. The normalized spacial score (nSPS) is 17.5. The number of hydrogen-bond donors (Lipinski definition) is 1. The molecule has 6 heteroatoms. The molecular weight excluding hydrogens is 370 g/mol. The van der Waals surface area contributed by atoms with Gasteiger partial charge in [-0.2, -0.15) is 0 Å². The summed E-state index contributed by atoms with van der Waals surface area (Å²) in [5, 5.41) is 4.17. The molecule has 0 radical (unpaired) electrons. The lowest BCUT2D eigenvalue weighted by atomic mass is 10.0. The van der Waals surface area contributed by atoms with Crippen LogP contribution in [0, 0.1) is 0 Å². The fourth-order valence-electron chi connectivity index (χ4n) is 3.68. The maximum Gasteiger partial charge on any atom is 0.234 e. The molecule has 4 rings (SSSR count). The zero-order valence-corrected chi connectivity index (χ0v) is 16.9. The third kappa shape index (κ3) is 4.34. The number of nitrogens with one attached hydrogen (secondary N) is 1. The van der Waals surface area contributed by atoms with Crippen LogP contribution < -0.4 is 10.1 Å². The molecule has 1 atom stereocenters. The molecule has 0 unspecified atom stereocenters. The highest BCUT2D eigenvalue weighted by atomic mass is 32.1. The Kier molecular flexibility index (Phi) is 5.88. The quantitative estimate of drug-likeness (QED) is 0.681. The van der Waals surface area contributed by atoms with Crippen molar-refractivity contribution in [2.45, 2.75) is 31.8 Å². The number of piperidine rings is 1. The van der Waals surface area contributed by atoms with E-state index < -0.39 is 0 Å². The lowest BCUT2D eigenvalue weighted by molar-refractivity contribution is -0.123. The molecule has 1 N–H and O–H groups in total. The van der Waals surface area contributed by atoms with Crippen molar-refractivity contribution in [2.75, 3.05) is 20.2 Å². The van der Waals surface area contributed by atoms with Crippen LogP contribution in [0.4, 0.5) is 0 Å². The zero-order chi connectivity index (χ0) is 19.3. The van der Waals surface area contributed by atoms with E-state index >= 15 is 0 Å². The number of benzene rings is 2. The van der Waals surface area contributed by atoms with Crippen LogP contribution in [0.5, 0.6) is 5.75 Å². The van der Waals surface area contributed by atoms with E-state index in [0.29, 0.717) is 13.1 Å². The van der Waals surface area contributed by atoms with Crippen molar-refractivity contribution in [3.8, 4) is 5.75 Å². The fraction of sp³-hybridized carbons (Fsp3) is 0.364. The molecule has 2 heterocycles. The van der Waals surface area contributed by atoms with Gasteiger partial charge in [0, 0.05) is 6.54 Å². The molecule has 28 heavy (non-hydrogen) atoms. The van der Waals surface area contributed by atoms with Crippen molar-refractivity contribution in [3.05, 3.63) is 59.1 Å². The summed E-state index contributed by atoms with van der Waals surface area (Å²) in [7, 11) is 1.65. The summed E-state index contributed by atoms with van der Waals surface area (Å²) in [6.07, 6.45) is 3.38. The number of thiazole rings is 1. The molecule has 146 valence electrons. The lowest BCUT2D eigenvalue weighted by Gasteiger charge is -2.33. The second-order valence-electron chi connectivity index (χ2n) is 7.13. The number of rotatable bonds is 6. The second kappa shape index (κ2) is 8.71. The number of carbonyl (C=O) groups excluding carboxylic acids is 1. The minimum atomic E-state index is 0.0591. The molecule has 1 aliphatic heterocycles. The number of fused-ring (bicyclic) bond motifs is 1. The molecule has 1 aliphatic rings. The van der Waals surface area contributed by atoms with Crippen molar-refractivity contribution in [1.29, 1.82) is 0 Å². The van der Waals surface area contributed by atoms with Gasteiger partial charge < -0.3 is 10.1 Å². The summed E-state index contributed by atoms with van der Waals surface area (Å²) >= 11 is 1.75. The molecule has 0 spiro atoms. The van der Waals surface area contributed by atoms with Crippen LogP contribution in [0.25, 0.3) is 10.2 Å². The molecule has 5 nitrogen and oxygen atoms in total. The summed E-state index contributed by atoms with van der Waals surface area (Å²) in [4.78, 5) is 19.7. The van der Waals surface area contributed by atoms with Crippen LogP contribution in [0.15, 0.2) is 48.5 Å². The topological polar surface area (TPSA) is 54.5 Å². The summed E-state index contributed by atoms with van der Waals surface area (Å²) in [5.41, 5.74) is 2.12. The van der Waals surface area contributed by atoms with Crippen molar-refractivity contribution >= 4 is 27.5 Å². The number of likely N-dealkylation sites (tertiary alicyclic amines) is 1. The molecule has 1 amide bonds. The summed E-state index contributed by atoms with van der Waals surface area (Å²) in [6.45, 7) is 1.88. The van der Waals surface area contributed by atoms with Gasteiger partial charge in [-0.05, 0) is 49.2 Å². The Morgan fingerprint density at radius 2 is 2.04 bits per heavy atom. The fourth-order valence-corrected chi connectivity index (χ4v) is 4.81. The molecule has 0 saturated carbocycles. The number of nitrogens with zero attached hydrogens (tertiary/aromatic N) is 2. The molecule has 0 bridgehead atoms. The predicted octanol–water partition coefficient (Wildman–Crippen LogP) is 4.15. The highest BCUT2D eigenvalue weighted by Gasteiger charge is 2.28. The third-order valence-electron chi connectivity index (χ3n) is 5.20. The highest BCUT2D eigenvalue weighted by molar-refractivity contribution is 7.18. The standard InChI is InChI=1S/C22H25N3O2S/c1-27-17-11-9-16(10-12-17)14-23-21(26)15-25-13-5-4-7-19(25)22-24-18-6-2-3-8-20(18)28-22/h2-3,6,8-12,19H,4-5,7,13-15H2,1H3,(H,23,26)/t19-/m0/s1. The van der Waals surface area contributed by atoms with Gasteiger partial charge in [-0.1, -0.05) is 30.7 Å². The number of carbonyl (C=O) groups is 1. The third-order valence-corrected chi connectivity index (χ3v) is 6.34. The Bertz CT molecular complexity index is 905. The molecular formula is C22H25N3O2S. The first-order chi connectivity index (χ1) is 13.7. The SMILES string of the molecule is COc1ccc(CNC(=O)CN2CCCC[C@H]2c2nc3ccccc3s2)cc1. The van der Waals surface area contributed by atoms with E-state index in [4.69, 9.17) is 9.72 Å².